The van der Waals surface area contributed by atoms with Crippen molar-refractivity contribution in [2.24, 2.45) is 11.8 Å². The molecule has 0 saturated heterocycles. The van der Waals surface area contributed by atoms with Crippen LogP contribution in [0, 0.1) is 11.8 Å². The number of hydrogen-bond acceptors (Lipinski definition) is 2. The van der Waals surface area contributed by atoms with Crippen LogP contribution in [-0.2, 0) is 0 Å². The Labute approximate surface area is 181 Å². The van der Waals surface area contributed by atoms with Crippen molar-refractivity contribution in [1.82, 2.24) is 5.32 Å². The average Bonchev–Trinajstić information content (AvgIpc) is 2.68. The van der Waals surface area contributed by atoms with Crippen LogP contribution in [0.2, 0.25) is 10.0 Å². The molecule has 0 aromatic heterocycles. The molecule has 2 saturated carbocycles. The van der Waals surface area contributed by atoms with Crippen molar-refractivity contribution < 1.29 is 18.3 Å². The molecule has 0 spiro atoms. The van der Waals surface area contributed by atoms with E-state index in [1.807, 2.05) is 12.1 Å². The summed E-state index contributed by atoms with van der Waals surface area (Å²) in [4.78, 5) is 0. The number of nitrogens with one attached hydrogen (secondary N) is 1. The maximum absolute atomic E-state index is 12.9. The van der Waals surface area contributed by atoms with Gasteiger partial charge in [0, 0.05) is 12.5 Å². The molecule has 2 nitrogen and oxygen atoms in total. The Hall–Kier alpha value is -0.490. The Kier molecular flexibility index (Phi) is 7.80. The van der Waals surface area contributed by atoms with Crippen molar-refractivity contribution in [2.45, 2.75) is 75.5 Å². The minimum absolute atomic E-state index is 0.121. The molecule has 2 aliphatic carbocycles. The van der Waals surface area contributed by atoms with Crippen molar-refractivity contribution in [2.75, 3.05) is 13.1 Å². The lowest BCUT2D eigenvalue weighted by atomic mass is 9.72. The molecular weight excluding hydrogens is 422 g/mol. The Morgan fingerprint density at radius 1 is 1.03 bits per heavy atom. The lowest BCUT2D eigenvalue weighted by molar-refractivity contribution is -0.183. The van der Waals surface area contributed by atoms with Gasteiger partial charge in [-0.1, -0.05) is 48.5 Å². The number of rotatable bonds is 6. The standard InChI is InChI=1S/C22H30Cl2F3NO/c23-19-9-6-16(12-20(19)24)18(21(29)10-2-1-3-11-21)14-28-13-15-4-7-17(8-5-15)22(25,26)27/h6,9,12,15,17-18,28-29H,1-5,7-8,10-11,13-14H2. The second kappa shape index (κ2) is 9.76. The quantitative estimate of drug-likeness (QED) is 0.502. The topological polar surface area (TPSA) is 32.3 Å². The van der Waals surface area contributed by atoms with Crippen LogP contribution in [-0.4, -0.2) is 30.0 Å². The maximum Gasteiger partial charge on any atom is 0.391 e. The monoisotopic (exact) mass is 451 g/mol. The number of halogens is 5. The van der Waals surface area contributed by atoms with Gasteiger partial charge in [-0.05, 0) is 68.7 Å². The molecule has 1 aromatic rings. The summed E-state index contributed by atoms with van der Waals surface area (Å²) in [6.45, 7) is 1.26. The summed E-state index contributed by atoms with van der Waals surface area (Å²) in [7, 11) is 0. The highest BCUT2D eigenvalue weighted by molar-refractivity contribution is 6.42. The van der Waals surface area contributed by atoms with Crippen LogP contribution in [0.1, 0.15) is 69.3 Å². The van der Waals surface area contributed by atoms with Gasteiger partial charge in [0.25, 0.3) is 0 Å². The highest BCUT2D eigenvalue weighted by Crippen LogP contribution is 2.42. The first-order chi connectivity index (χ1) is 13.7. The fourth-order valence-electron chi connectivity index (χ4n) is 4.99. The third-order valence-electron chi connectivity index (χ3n) is 6.81. The third kappa shape index (κ3) is 6.03. The summed E-state index contributed by atoms with van der Waals surface area (Å²) < 4.78 is 38.6. The second-order valence-electron chi connectivity index (χ2n) is 8.81. The molecule has 1 aromatic carbocycles. The molecule has 0 radical (unpaired) electrons. The predicted octanol–water partition coefficient (Wildman–Crippen LogP) is 6.73. The molecule has 0 amide bonds. The van der Waals surface area contributed by atoms with E-state index in [1.54, 1.807) is 6.07 Å². The minimum atomic E-state index is -4.07. The average molecular weight is 452 g/mol. The summed E-state index contributed by atoms with van der Waals surface area (Å²) in [5, 5.41) is 15.8. The van der Waals surface area contributed by atoms with E-state index in [9.17, 15) is 18.3 Å². The largest absolute Gasteiger partial charge is 0.391 e. The van der Waals surface area contributed by atoms with Gasteiger partial charge in [0.15, 0.2) is 0 Å². The van der Waals surface area contributed by atoms with Crippen molar-refractivity contribution in [3.63, 3.8) is 0 Å². The highest BCUT2D eigenvalue weighted by atomic mass is 35.5. The first-order valence-electron chi connectivity index (χ1n) is 10.6. The van der Waals surface area contributed by atoms with E-state index in [2.05, 4.69) is 5.32 Å². The Morgan fingerprint density at radius 3 is 2.28 bits per heavy atom. The van der Waals surface area contributed by atoms with Gasteiger partial charge in [0.1, 0.15) is 0 Å². The lowest BCUT2D eigenvalue weighted by Crippen LogP contribution is -2.44. The summed E-state index contributed by atoms with van der Waals surface area (Å²) in [6, 6.07) is 5.51. The Morgan fingerprint density at radius 2 is 1.69 bits per heavy atom. The van der Waals surface area contributed by atoms with E-state index in [1.165, 1.54) is 0 Å². The number of aliphatic hydroxyl groups is 1. The normalized spacial score (nSPS) is 26.3. The van der Waals surface area contributed by atoms with E-state index < -0.39 is 17.7 Å². The first-order valence-corrected chi connectivity index (χ1v) is 11.4. The van der Waals surface area contributed by atoms with E-state index in [-0.39, 0.29) is 24.7 Å². The fraction of sp³-hybridized carbons (Fsp3) is 0.727. The maximum atomic E-state index is 12.9. The molecule has 0 heterocycles. The van der Waals surface area contributed by atoms with Crippen molar-refractivity contribution in [1.29, 1.82) is 0 Å². The molecule has 2 N–H and O–H groups in total. The van der Waals surface area contributed by atoms with Gasteiger partial charge in [-0.3, -0.25) is 0 Å². The second-order valence-corrected chi connectivity index (χ2v) is 9.62. The van der Waals surface area contributed by atoms with E-state index in [0.717, 1.165) is 37.7 Å². The van der Waals surface area contributed by atoms with Crippen molar-refractivity contribution >= 4 is 23.2 Å². The molecule has 0 bridgehead atoms. The van der Waals surface area contributed by atoms with Crippen molar-refractivity contribution in [3.05, 3.63) is 33.8 Å². The van der Waals surface area contributed by atoms with Crippen LogP contribution >= 0.6 is 23.2 Å². The van der Waals surface area contributed by atoms with Gasteiger partial charge < -0.3 is 10.4 Å². The van der Waals surface area contributed by atoms with E-state index in [4.69, 9.17) is 23.2 Å². The first kappa shape index (κ1) is 23.2. The number of alkyl halides is 3. The van der Waals surface area contributed by atoms with Crippen LogP contribution < -0.4 is 5.32 Å². The van der Waals surface area contributed by atoms with E-state index >= 15 is 0 Å². The summed E-state index contributed by atoms with van der Waals surface area (Å²) in [5.41, 5.74) is 0.160. The smallest absolute Gasteiger partial charge is 0.389 e. The molecule has 0 aliphatic heterocycles. The van der Waals surface area contributed by atoms with Gasteiger partial charge >= 0.3 is 6.18 Å². The van der Waals surface area contributed by atoms with Crippen LogP contribution in [0.5, 0.6) is 0 Å². The summed E-state index contributed by atoms with van der Waals surface area (Å²) in [6.07, 6.45) is 2.18. The Balaban J connectivity index is 1.61. The molecule has 1 unspecified atom stereocenters. The molecule has 3 rings (SSSR count). The minimum Gasteiger partial charge on any atom is -0.389 e. The number of benzene rings is 1. The zero-order valence-electron chi connectivity index (χ0n) is 16.6. The van der Waals surface area contributed by atoms with E-state index in [0.29, 0.717) is 36.0 Å². The molecule has 1 atom stereocenters. The predicted molar refractivity (Wildman–Crippen MR) is 112 cm³/mol. The molecule has 2 aliphatic rings. The van der Waals surface area contributed by atoms with Crippen LogP contribution in [0.15, 0.2) is 18.2 Å². The third-order valence-corrected chi connectivity index (χ3v) is 7.54. The van der Waals surface area contributed by atoms with Gasteiger partial charge in [-0.2, -0.15) is 13.2 Å². The van der Waals surface area contributed by atoms with Gasteiger partial charge in [-0.15, -0.1) is 0 Å². The lowest BCUT2D eigenvalue weighted by Gasteiger charge is -2.40. The van der Waals surface area contributed by atoms with Crippen LogP contribution in [0.3, 0.4) is 0 Å². The molecule has 164 valence electrons. The van der Waals surface area contributed by atoms with Gasteiger partial charge in [0.2, 0.25) is 0 Å². The molecular formula is C22H30Cl2F3NO. The van der Waals surface area contributed by atoms with Gasteiger partial charge in [-0.25, -0.2) is 0 Å². The zero-order chi connectivity index (χ0) is 21.1. The van der Waals surface area contributed by atoms with Crippen molar-refractivity contribution in [3.8, 4) is 0 Å². The van der Waals surface area contributed by atoms with Gasteiger partial charge in [0.05, 0.1) is 21.6 Å². The van der Waals surface area contributed by atoms with Crippen LogP contribution in [0.25, 0.3) is 0 Å². The molecule has 7 heteroatoms. The molecule has 29 heavy (non-hydrogen) atoms. The highest BCUT2D eigenvalue weighted by Gasteiger charge is 2.42. The molecule has 2 fully saturated rings. The zero-order valence-corrected chi connectivity index (χ0v) is 18.1. The Bertz CT molecular complexity index is 669. The summed E-state index contributed by atoms with van der Waals surface area (Å²) in [5.74, 6) is -1.02. The van der Waals surface area contributed by atoms with Crippen LogP contribution in [0.4, 0.5) is 13.2 Å². The number of hydrogen-bond donors (Lipinski definition) is 2. The fourth-order valence-corrected chi connectivity index (χ4v) is 5.29. The summed E-state index contributed by atoms with van der Waals surface area (Å²) >= 11 is 12.3. The SMILES string of the molecule is OC1(C(CNCC2CCC(C(F)(F)F)CC2)c2ccc(Cl)c(Cl)c2)CCCCC1.